The van der Waals surface area contributed by atoms with Gasteiger partial charge in [-0.15, -0.1) is 0 Å². The molecule has 2 heterocycles. The maximum Gasteiger partial charge on any atom is 0.326 e. The molecule has 3 rings (SSSR count). The van der Waals surface area contributed by atoms with Crippen molar-refractivity contribution in [2.75, 3.05) is 6.54 Å². The van der Waals surface area contributed by atoms with E-state index in [4.69, 9.17) is 9.26 Å². The number of likely N-dealkylation sites (tertiary alicyclic amines) is 1. The van der Waals surface area contributed by atoms with E-state index < -0.39 is 12.0 Å². The first kappa shape index (κ1) is 18.0. The zero-order valence-corrected chi connectivity index (χ0v) is 14.9. The highest BCUT2D eigenvalue weighted by Crippen LogP contribution is 2.23. The summed E-state index contributed by atoms with van der Waals surface area (Å²) in [5.41, 5.74) is 2.07. The number of ether oxygens (including phenoxy) is 1. The fraction of sp³-hybridized carbons (Fsp3) is 0.421. The fourth-order valence-corrected chi connectivity index (χ4v) is 3.18. The summed E-state index contributed by atoms with van der Waals surface area (Å²) in [6, 6.07) is 6.06. The van der Waals surface area contributed by atoms with Crippen LogP contribution < -0.4 is 4.74 Å². The number of hydrogen-bond acceptors (Lipinski definition) is 5. The predicted molar refractivity (Wildman–Crippen MR) is 93.1 cm³/mol. The second-order valence-electron chi connectivity index (χ2n) is 6.47. The molecule has 1 saturated heterocycles. The van der Waals surface area contributed by atoms with Crippen molar-refractivity contribution in [3.8, 4) is 5.75 Å². The fourth-order valence-electron chi connectivity index (χ4n) is 3.18. The van der Waals surface area contributed by atoms with E-state index in [0.717, 1.165) is 24.1 Å². The second kappa shape index (κ2) is 7.59. The number of nitrogens with zero attached hydrogens (tertiary/aromatic N) is 2. The molecular weight excluding hydrogens is 336 g/mol. The number of aromatic nitrogens is 1. The van der Waals surface area contributed by atoms with Gasteiger partial charge in [0, 0.05) is 12.1 Å². The average Bonchev–Trinajstić information content (AvgIpc) is 2.97. The number of carboxylic acids is 1. The lowest BCUT2D eigenvalue weighted by atomic mass is 10.0. The molecule has 2 aromatic rings. The Morgan fingerprint density at radius 2 is 2.15 bits per heavy atom. The Bertz CT molecular complexity index is 795. The summed E-state index contributed by atoms with van der Waals surface area (Å²) >= 11 is 0. The normalized spacial score (nSPS) is 17.2. The van der Waals surface area contributed by atoms with Crippen molar-refractivity contribution in [1.29, 1.82) is 0 Å². The molecule has 1 aliphatic heterocycles. The largest absolute Gasteiger partial charge is 0.489 e. The molecule has 0 spiro atoms. The van der Waals surface area contributed by atoms with Crippen molar-refractivity contribution in [3.05, 3.63) is 46.8 Å². The molecule has 138 valence electrons. The van der Waals surface area contributed by atoms with Crippen LogP contribution in [0.5, 0.6) is 5.75 Å². The van der Waals surface area contributed by atoms with Crippen molar-refractivity contribution in [3.63, 3.8) is 0 Å². The number of benzene rings is 1. The van der Waals surface area contributed by atoms with Crippen molar-refractivity contribution in [2.45, 2.75) is 45.8 Å². The maximum absolute atomic E-state index is 12.8. The third kappa shape index (κ3) is 3.71. The van der Waals surface area contributed by atoms with Gasteiger partial charge >= 0.3 is 5.97 Å². The van der Waals surface area contributed by atoms with Gasteiger partial charge in [-0.2, -0.15) is 0 Å². The van der Waals surface area contributed by atoms with Crippen LogP contribution in [0, 0.1) is 13.8 Å². The molecule has 1 fully saturated rings. The molecule has 1 atom stereocenters. The minimum atomic E-state index is -0.955. The Hall–Kier alpha value is -2.83. The molecule has 7 heteroatoms. The molecule has 0 saturated carbocycles. The Kier molecular flexibility index (Phi) is 5.25. The maximum atomic E-state index is 12.8. The van der Waals surface area contributed by atoms with Crippen LogP contribution in [0.25, 0.3) is 0 Å². The van der Waals surface area contributed by atoms with Crippen molar-refractivity contribution < 1.29 is 24.0 Å². The minimum Gasteiger partial charge on any atom is -0.489 e. The molecule has 7 nitrogen and oxygen atoms in total. The summed E-state index contributed by atoms with van der Waals surface area (Å²) < 4.78 is 10.9. The molecule has 1 amide bonds. The third-order valence-electron chi connectivity index (χ3n) is 4.69. The van der Waals surface area contributed by atoms with Crippen LogP contribution in [0.1, 0.15) is 46.6 Å². The monoisotopic (exact) mass is 358 g/mol. The van der Waals surface area contributed by atoms with Crippen molar-refractivity contribution in [1.82, 2.24) is 10.1 Å². The van der Waals surface area contributed by atoms with Crippen molar-refractivity contribution in [2.24, 2.45) is 0 Å². The first-order valence-electron chi connectivity index (χ1n) is 8.65. The van der Waals surface area contributed by atoms with E-state index in [-0.39, 0.29) is 5.91 Å². The molecule has 26 heavy (non-hydrogen) atoms. The third-order valence-corrected chi connectivity index (χ3v) is 4.69. The van der Waals surface area contributed by atoms with Gasteiger partial charge in [-0.3, -0.25) is 4.79 Å². The molecule has 1 aromatic carbocycles. The SMILES string of the molecule is Cc1noc(C)c1COc1cccc(C(=O)N2CCCC[C@@H]2C(=O)O)c1. The van der Waals surface area contributed by atoms with E-state index in [1.165, 1.54) is 4.90 Å². The molecule has 0 radical (unpaired) electrons. The number of hydrogen-bond donors (Lipinski definition) is 1. The number of aryl methyl sites for hydroxylation is 2. The number of piperidine rings is 1. The van der Waals surface area contributed by atoms with E-state index in [0.29, 0.717) is 36.6 Å². The lowest BCUT2D eigenvalue weighted by Gasteiger charge is -2.33. The van der Waals surface area contributed by atoms with Gasteiger partial charge in [-0.1, -0.05) is 11.2 Å². The van der Waals surface area contributed by atoms with E-state index in [1.807, 2.05) is 13.8 Å². The minimum absolute atomic E-state index is 0.278. The number of carbonyl (C=O) groups excluding carboxylic acids is 1. The first-order chi connectivity index (χ1) is 12.5. The highest BCUT2D eigenvalue weighted by atomic mass is 16.5. The van der Waals surface area contributed by atoms with Gasteiger partial charge in [0.2, 0.25) is 0 Å². The summed E-state index contributed by atoms with van der Waals surface area (Å²) in [6.07, 6.45) is 2.13. The number of carboxylic acid groups (broad SMARTS) is 1. The van der Waals surface area contributed by atoms with Crippen LogP contribution in [0.4, 0.5) is 0 Å². The second-order valence-corrected chi connectivity index (χ2v) is 6.47. The first-order valence-corrected chi connectivity index (χ1v) is 8.65. The standard InChI is InChI=1S/C19H22N2O5/c1-12-16(13(2)26-20-12)11-25-15-7-5-6-14(10-15)18(22)21-9-4-3-8-17(21)19(23)24/h5-7,10,17H,3-4,8-9,11H2,1-2H3,(H,23,24)/t17-/m1/s1. The van der Waals surface area contributed by atoms with Crippen LogP contribution in [0.2, 0.25) is 0 Å². The Morgan fingerprint density at radius 1 is 1.35 bits per heavy atom. The lowest BCUT2D eigenvalue weighted by Crippen LogP contribution is -2.47. The van der Waals surface area contributed by atoms with E-state index >= 15 is 0 Å². The van der Waals surface area contributed by atoms with Gasteiger partial charge < -0.3 is 19.3 Å². The topological polar surface area (TPSA) is 92.9 Å². The van der Waals surface area contributed by atoms with Gasteiger partial charge in [0.15, 0.2) is 0 Å². The molecule has 1 aliphatic rings. The smallest absolute Gasteiger partial charge is 0.326 e. The molecule has 0 aliphatic carbocycles. The van der Waals surface area contributed by atoms with Crippen molar-refractivity contribution >= 4 is 11.9 Å². The van der Waals surface area contributed by atoms with Gasteiger partial charge in [0.1, 0.15) is 24.2 Å². The van der Waals surface area contributed by atoms with Crippen LogP contribution in [0.3, 0.4) is 0 Å². The summed E-state index contributed by atoms with van der Waals surface area (Å²) in [7, 11) is 0. The van der Waals surface area contributed by atoms with Gasteiger partial charge in [0.25, 0.3) is 5.91 Å². The number of rotatable bonds is 5. The summed E-state index contributed by atoms with van der Waals surface area (Å²) in [5.74, 6) is 0.0100. The van der Waals surface area contributed by atoms with Gasteiger partial charge in [-0.25, -0.2) is 4.79 Å². The average molecular weight is 358 g/mol. The van der Waals surface area contributed by atoms with Crippen LogP contribution >= 0.6 is 0 Å². The Balaban J connectivity index is 1.74. The molecule has 1 aromatic heterocycles. The highest BCUT2D eigenvalue weighted by Gasteiger charge is 2.32. The van der Waals surface area contributed by atoms with Gasteiger partial charge in [-0.05, 0) is 51.3 Å². The molecular formula is C19H22N2O5. The predicted octanol–water partition coefficient (Wildman–Crippen LogP) is 2.95. The Labute approximate surface area is 151 Å². The van der Waals surface area contributed by atoms with E-state index in [9.17, 15) is 14.7 Å². The van der Waals surface area contributed by atoms with Crippen LogP contribution in [0.15, 0.2) is 28.8 Å². The van der Waals surface area contributed by atoms with Crippen LogP contribution in [-0.2, 0) is 11.4 Å². The van der Waals surface area contributed by atoms with Crippen LogP contribution in [-0.4, -0.2) is 39.6 Å². The zero-order chi connectivity index (χ0) is 18.7. The van der Waals surface area contributed by atoms with E-state index in [1.54, 1.807) is 24.3 Å². The lowest BCUT2D eigenvalue weighted by molar-refractivity contribution is -0.143. The molecule has 0 unspecified atom stereocenters. The zero-order valence-electron chi connectivity index (χ0n) is 14.9. The molecule has 0 bridgehead atoms. The molecule has 1 N–H and O–H groups in total. The summed E-state index contributed by atoms with van der Waals surface area (Å²) in [6.45, 7) is 4.42. The summed E-state index contributed by atoms with van der Waals surface area (Å²) in [5, 5.41) is 13.3. The number of aliphatic carboxylic acids is 1. The Morgan fingerprint density at radius 3 is 2.85 bits per heavy atom. The number of amides is 1. The quantitative estimate of drug-likeness (QED) is 0.883. The highest BCUT2D eigenvalue weighted by molar-refractivity contribution is 5.97. The summed E-state index contributed by atoms with van der Waals surface area (Å²) in [4.78, 5) is 25.7. The van der Waals surface area contributed by atoms with E-state index in [2.05, 4.69) is 5.16 Å². The van der Waals surface area contributed by atoms with Gasteiger partial charge in [0.05, 0.1) is 11.3 Å². The number of carbonyl (C=O) groups is 2.